The van der Waals surface area contributed by atoms with Gasteiger partial charge in [-0.3, -0.25) is 0 Å². The number of anilines is 3. The van der Waals surface area contributed by atoms with Crippen LogP contribution in [0.15, 0.2) is 0 Å². The van der Waals surface area contributed by atoms with E-state index in [1.165, 1.54) is 0 Å². The van der Waals surface area contributed by atoms with Crippen LogP contribution in [0, 0.1) is 0 Å². The van der Waals surface area contributed by atoms with Crippen LogP contribution in [0.3, 0.4) is 0 Å². The molecule has 6 nitrogen and oxygen atoms in total. The Kier molecular flexibility index (Phi) is 4.69. The molecule has 0 spiro atoms. The smallest absolute Gasteiger partial charge is 0.368 e. The van der Waals surface area contributed by atoms with E-state index < -0.39 is 12.7 Å². The number of hydrogen-bond acceptors (Lipinski definition) is 6. The molecule has 0 aromatic carbocycles. The molecule has 1 saturated heterocycles. The van der Waals surface area contributed by atoms with Gasteiger partial charge >= 0.3 is 6.18 Å². The average molecular weight is 304 g/mol. The zero-order chi connectivity index (χ0) is 15.5. The van der Waals surface area contributed by atoms with E-state index in [1.807, 2.05) is 4.90 Å². The zero-order valence-corrected chi connectivity index (χ0v) is 11.9. The lowest BCUT2D eigenvalue weighted by molar-refractivity contribution is -0.119. The quantitative estimate of drug-likeness (QED) is 0.915. The Balaban J connectivity index is 2.24. The van der Waals surface area contributed by atoms with Crippen LogP contribution in [0.25, 0.3) is 0 Å². The number of halogens is 3. The molecule has 0 radical (unpaired) electrons. The number of nitrogen functional groups attached to an aromatic ring is 1. The lowest BCUT2D eigenvalue weighted by Gasteiger charge is -2.28. The van der Waals surface area contributed by atoms with Crippen molar-refractivity contribution >= 4 is 17.8 Å². The third kappa shape index (κ3) is 4.33. The summed E-state index contributed by atoms with van der Waals surface area (Å²) < 4.78 is 37.7. The monoisotopic (exact) mass is 304 g/mol. The van der Waals surface area contributed by atoms with E-state index in [0.29, 0.717) is 5.95 Å². The lowest BCUT2D eigenvalue weighted by Crippen LogP contribution is -2.37. The fourth-order valence-corrected chi connectivity index (χ4v) is 2.29. The predicted octanol–water partition coefficient (Wildman–Crippen LogP) is 1.83. The summed E-state index contributed by atoms with van der Waals surface area (Å²) in [5.41, 5.74) is 5.63. The van der Waals surface area contributed by atoms with Crippen molar-refractivity contribution in [2.45, 2.75) is 32.4 Å². The van der Waals surface area contributed by atoms with Gasteiger partial charge in [-0.15, -0.1) is 0 Å². The first kappa shape index (κ1) is 15.6. The van der Waals surface area contributed by atoms with Crippen molar-refractivity contribution in [2.24, 2.45) is 0 Å². The van der Waals surface area contributed by atoms with Crippen molar-refractivity contribution in [3.63, 3.8) is 0 Å². The van der Waals surface area contributed by atoms with Crippen molar-refractivity contribution in [3.8, 4) is 0 Å². The maximum Gasteiger partial charge on any atom is 0.406 e. The van der Waals surface area contributed by atoms with E-state index >= 15 is 0 Å². The Morgan fingerprint density at radius 2 is 1.81 bits per heavy atom. The molecular weight excluding hydrogens is 285 g/mol. The molecule has 2 rings (SSSR count). The Morgan fingerprint density at radius 3 is 2.38 bits per heavy atom. The Morgan fingerprint density at radius 1 is 1.14 bits per heavy atom. The number of rotatable bonds is 4. The normalized spacial score (nSPS) is 16.1. The van der Waals surface area contributed by atoms with Crippen molar-refractivity contribution < 1.29 is 13.2 Å². The molecule has 1 fully saturated rings. The first-order chi connectivity index (χ1) is 9.89. The van der Waals surface area contributed by atoms with Crippen molar-refractivity contribution in [1.82, 2.24) is 15.0 Å². The molecule has 0 bridgehead atoms. The summed E-state index contributed by atoms with van der Waals surface area (Å²) in [7, 11) is 0. The largest absolute Gasteiger partial charge is 0.406 e. The first-order valence-corrected chi connectivity index (χ1v) is 6.97. The third-order valence-corrected chi connectivity index (χ3v) is 3.30. The molecule has 0 saturated carbocycles. The number of hydrogen-bond donors (Lipinski definition) is 1. The molecule has 0 aliphatic carbocycles. The summed E-state index contributed by atoms with van der Waals surface area (Å²) in [4.78, 5) is 15.0. The van der Waals surface area contributed by atoms with Gasteiger partial charge in [-0.05, 0) is 26.2 Å². The van der Waals surface area contributed by atoms with Gasteiger partial charge in [-0.1, -0.05) is 0 Å². The number of piperidine rings is 1. The number of nitrogens with two attached hydrogens (primary N) is 1. The predicted molar refractivity (Wildman–Crippen MR) is 74.2 cm³/mol. The van der Waals surface area contributed by atoms with Crippen LogP contribution in [-0.2, 0) is 0 Å². The van der Waals surface area contributed by atoms with Gasteiger partial charge in [-0.2, -0.15) is 28.1 Å². The van der Waals surface area contributed by atoms with Crippen LogP contribution < -0.4 is 15.5 Å². The Labute approximate surface area is 121 Å². The molecule has 118 valence electrons. The Hall–Kier alpha value is -1.80. The summed E-state index contributed by atoms with van der Waals surface area (Å²) in [6, 6.07) is 0. The van der Waals surface area contributed by atoms with Crippen LogP contribution in [0.1, 0.15) is 26.2 Å². The van der Waals surface area contributed by atoms with Gasteiger partial charge in [0.1, 0.15) is 6.54 Å². The minimum atomic E-state index is -4.32. The molecule has 0 atom stereocenters. The van der Waals surface area contributed by atoms with E-state index in [9.17, 15) is 13.2 Å². The van der Waals surface area contributed by atoms with Crippen LogP contribution >= 0.6 is 0 Å². The second-order valence-electron chi connectivity index (χ2n) is 4.97. The average Bonchev–Trinajstić information content (AvgIpc) is 2.44. The van der Waals surface area contributed by atoms with Gasteiger partial charge in [0, 0.05) is 19.6 Å². The molecule has 1 aromatic rings. The summed E-state index contributed by atoms with van der Waals surface area (Å²) >= 11 is 0. The highest BCUT2D eigenvalue weighted by Gasteiger charge is 2.31. The van der Waals surface area contributed by atoms with E-state index in [2.05, 4.69) is 15.0 Å². The Bertz CT molecular complexity index is 473. The topological polar surface area (TPSA) is 71.2 Å². The fourth-order valence-electron chi connectivity index (χ4n) is 2.29. The van der Waals surface area contributed by atoms with Gasteiger partial charge in [0.2, 0.25) is 17.8 Å². The summed E-state index contributed by atoms with van der Waals surface area (Å²) in [6.45, 7) is 2.23. The molecule has 2 N–H and O–H groups in total. The highest BCUT2D eigenvalue weighted by Crippen LogP contribution is 2.22. The lowest BCUT2D eigenvalue weighted by atomic mass is 10.1. The minimum absolute atomic E-state index is 0.0251. The molecular formula is C12H19F3N6. The van der Waals surface area contributed by atoms with Gasteiger partial charge < -0.3 is 15.5 Å². The van der Waals surface area contributed by atoms with Gasteiger partial charge in [0.25, 0.3) is 0 Å². The van der Waals surface area contributed by atoms with Crippen LogP contribution in [0.2, 0.25) is 0 Å². The molecule has 1 aliphatic rings. The first-order valence-electron chi connectivity index (χ1n) is 6.97. The molecule has 1 aliphatic heterocycles. The van der Waals surface area contributed by atoms with Crippen LogP contribution in [0.5, 0.6) is 0 Å². The molecule has 9 heteroatoms. The maximum absolute atomic E-state index is 12.6. The van der Waals surface area contributed by atoms with Gasteiger partial charge in [0.05, 0.1) is 0 Å². The summed E-state index contributed by atoms with van der Waals surface area (Å²) in [5, 5.41) is 0. The maximum atomic E-state index is 12.6. The van der Waals surface area contributed by atoms with Crippen molar-refractivity contribution in [1.29, 1.82) is 0 Å². The number of nitrogens with zero attached hydrogens (tertiary/aromatic N) is 5. The molecule has 2 heterocycles. The molecule has 0 unspecified atom stereocenters. The van der Waals surface area contributed by atoms with E-state index in [0.717, 1.165) is 37.3 Å². The van der Waals surface area contributed by atoms with E-state index in [4.69, 9.17) is 5.73 Å². The summed E-state index contributed by atoms with van der Waals surface area (Å²) in [5.74, 6) is 0.280. The van der Waals surface area contributed by atoms with E-state index in [-0.39, 0.29) is 18.4 Å². The fraction of sp³-hybridized carbons (Fsp3) is 0.750. The number of alkyl halides is 3. The summed E-state index contributed by atoms with van der Waals surface area (Å²) in [6.07, 6.45) is -1.15. The SMILES string of the molecule is CCN(CC(F)(F)F)c1nc(N)nc(N2CCCCC2)n1. The van der Waals surface area contributed by atoms with Gasteiger partial charge in [0.15, 0.2) is 0 Å². The molecule has 1 aromatic heterocycles. The van der Waals surface area contributed by atoms with Crippen LogP contribution in [-0.4, -0.2) is 47.3 Å². The highest BCUT2D eigenvalue weighted by molar-refractivity contribution is 5.43. The van der Waals surface area contributed by atoms with Crippen molar-refractivity contribution in [2.75, 3.05) is 41.7 Å². The number of aromatic nitrogens is 3. The highest BCUT2D eigenvalue weighted by atomic mass is 19.4. The zero-order valence-electron chi connectivity index (χ0n) is 11.9. The van der Waals surface area contributed by atoms with E-state index in [1.54, 1.807) is 6.92 Å². The second-order valence-corrected chi connectivity index (χ2v) is 4.97. The minimum Gasteiger partial charge on any atom is -0.368 e. The second kappa shape index (κ2) is 6.31. The van der Waals surface area contributed by atoms with Gasteiger partial charge in [-0.25, -0.2) is 0 Å². The van der Waals surface area contributed by atoms with Crippen molar-refractivity contribution in [3.05, 3.63) is 0 Å². The standard InChI is InChI=1S/C12H19F3N6/c1-2-20(8-12(13,14)15)10-17-9(16)18-11(19-10)21-6-4-3-5-7-21/h2-8H2,1H3,(H2,16,17,18,19). The third-order valence-electron chi connectivity index (χ3n) is 3.30. The molecule has 0 amide bonds. The molecule has 21 heavy (non-hydrogen) atoms. The van der Waals surface area contributed by atoms with Crippen LogP contribution in [0.4, 0.5) is 31.0 Å².